The predicted molar refractivity (Wildman–Crippen MR) is 53.2 cm³/mol. The lowest BCUT2D eigenvalue weighted by Crippen LogP contribution is -2.07. The summed E-state index contributed by atoms with van der Waals surface area (Å²) in [4.78, 5) is 10.6. The SMILES string of the molecule is C[C@H]1CCCc2ccc(C=O)cc21. The molecule has 1 aromatic rings. The van der Waals surface area contributed by atoms with Crippen molar-refractivity contribution >= 4 is 6.29 Å². The second-order valence-corrected chi connectivity index (χ2v) is 3.87. The lowest BCUT2D eigenvalue weighted by atomic mass is 9.83. The number of carbonyl (C=O) groups excluding carboxylic acids is 1. The van der Waals surface area contributed by atoms with Gasteiger partial charge in [-0.3, -0.25) is 4.79 Å². The Morgan fingerprint density at radius 2 is 2.31 bits per heavy atom. The van der Waals surface area contributed by atoms with E-state index in [4.69, 9.17) is 0 Å². The van der Waals surface area contributed by atoms with Gasteiger partial charge in [-0.25, -0.2) is 0 Å². The summed E-state index contributed by atoms with van der Waals surface area (Å²) in [5, 5.41) is 0. The fraction of sp³-hybridized carbons (Fsp3) is 0.417. The first-order valence-electron chi connectivity index (χ1n) is 4.89. The lowest BCUT2D eigenvalue weighted by molar-refractivity contribution is 0.112. The van der Waals surface area contributed by atoms with Crippen LogP contribution >= 0.6 is 0 Å². The maximum atomic E-state index is 10.6. The van der Waals surface area contributed by atoms with Crippen LogP contribution in [-0.2, 0) is 6.42 Å². The Balaban J connectivity index is 2.46. The van der Waals surface area contributed by atoms with Crippen LogP contribution in [0.25, 0.3) is 0 Å². The van der Waals surface area contributed by atoms with Crippen LogP contribution in [0.5, 0.6) is 0 Å². The first kappa shape index (κ1) is 8.49. The van der Waals surface area contributed by atoms with Crippen molar-refractivity contribution < 1.29 is 4.79 Å². The molecule has 1 aliphatic carbocycles. The quantitative estimate of drug-likeness (QED) is 0.598. The minimum absolute atomic E-state index is 0.628. The van der Waals surface area contributed by atoms with E-state index in [1.807, 2.05) is 12.1 Å². The summed E-state index contributed by atoms with van der Waals surface area (Å²) < 4.78 is 0. The van der Waals surface area contributed by atoms with Crippen LogP contribution in [0.3, 0.4) is 0 Å². The summed E-state index contributed by atoms with van der Waals surface area (Å²) in [5.74, 6) is 0.628. The van der Waals surface area contributed by atoms with Gasteiger partial charge in [-0.15, -0.1) is 0 Å². The smallest absolute Gasteiger partial charge is 0.150 e. The van der Waals surface area contributed by atoms with Gasteiger partial charge in [0.15, 0.2) is 0 Å². The molecule has 0 saturated carbocycles. The fourth-order valence-corrected chi connectivity index (χ4v) is 2.13. The topological polar surface area (TPSA) is 17.1 Å². The minimum atomic E-state index is 0.628. The van der Waals surface area contributed by atoms with Gasteiger partial charge in [0, 0.05) is 5.56 Å². The van der Waals surface area contributed by atoms with Gasteiger partial charge in [-0.05, 0) is 42.4 Å². The Labute approximate surface area is 78.8 Å². The van der Waals surface area contributed by atoms with E-state index in [1.165, 1.54) is 30.4 Å². The number of fused-ring (bicyclic) bond motifs is 1. The summed E-state index contributed by atoms with van der Waals surface area (Å²) in [6.45, 7) is 2.24. The highest BCUT2D eigenvalue weighted by molar-refractivity contribution is 5.75. The lowest BCUT2D eigenvalue weighted by Gasteiger charge is -2.22. The molecule has 2 rings (SSSR count). The summed E-state index contributed by atoms with van der Waals surface area (Å²) in [6, 6.07) is 6.07. The molecule has 0 heterocycles. The molecule has 1 heteroatoms. The molecule has 0 spiro atoms. The van der Waals surface area contributed by atoms with E-state index in [9.17, 15) is 4.79 Å². The Bertz CT molecular complexity index is 328. The largest absolute Gasteiger partial charge is 0.298 e. The van der Waals surface area contributed by atoms with E-state index >= 15 is 0 Å². The minimum Gasteiger partial charge on any atom is -0.298 e. The molecule has 13 heavy (non-hydrogen) atoms. The summed E-state index contributed by atoms with van der Waals surface area (Å²) in [7, 11) is 0. The third kappa shape index (κ3) is 1.51. The van der Waals surface area contributed by atoms with E-state index in [1.54, 1.807) is 0 Å². The van der Waals surface area contributed by atoms with Gasteiger partial charge in [0.2, 0.25) is 0 Å². The second kappa shape index (κ2) is 3.33. The van der Waals surface area contributed by atoms with Crippen molar-refractivity contribution in [3.05, 3.63) is 34.9 Å². The van der Waals surface area contributed by atoms with Crippen molar-refractivity contribution in [1.29, 1.82) is 0 Å². The Morgan fingerprint density at radius 1 is 1.46 bits per heavy atom. The third-order valence-corrected chi connectivity index (χ3v) is 2.92. The highest BCUT2D eigenvalue weighted by Crippen LogP contribution is 2.31. The van der Waals surface area contributed by atoms with Crippen LogP contribution in [-0.4, -0.2) is 6.29 Å². The summed E-state index contributed by atoms with van der Waals surface area (Å²) in [5.41, 5.74) is 3.63. The molecule has 0 aromatic heterocycles. The highest BCUT2D eigenvalue weighted by Gasteiger charge is 2.15. The Hall–Kier alpha value is -1.11. The van der Waals surface area contributed by atoms with Crippen molar-refractivity contribution in [2.24, 2.45) is 0 Å². The van der Waals surface area contributed by atoms with Gasteiger partial charge in [-0.1, -0.05) is 19.1 Å². The van der Waals surface area contributed by atoms with Gasteiger partial charge < -0.3 is 0 Å². The molecule has 1 atom stereocenters. The molecule has 0 bridgehead atoms. The van der Waals surface area contributed by atoms with E-state index < -0.39 is 0 Å². The van der Waals surface area contributed by atoms with Crippen molar-refractivity contribution in [3.8, 4) is 0 Å². The molecule has 1 nitrogen and oxygen atoms in total. The number of aryl methyl sites for hydroxylation is 1. The number of rotatable bonds is 1. The third-order valence-electron chi connectivity index (χ3n) is 2.92. The van der Waals surface area contributed by atoms with Crippen molar-refractivity contribution in [1.82, 2.24) is 0 Å². The van der Waals surface area contributed by atoms with Crippen molar-refractivity contribution in [3.63, 3.8) is 0 Å². The molecule has 0 unspecified atom stereocenters. The number of hydrogen-bond donors (Lipinski definition) is 0. The van der Waals surface area contributed by atoms with E-state index in [-0.39, 0.29) is 0 Å². The number of benzene rings is 1. The highest BCUT2D eigenvalue weighted by atomic mass is 16.1. The molecule has 1 aliphatic rings. The molecule has 0 N–H and O–H groups in total. The summed E-state index contributed by atoms with van der Waals surface area (Å²) in [6.07, 6.45) is 4.66. The summed E-state index contributed by atoms with van der Waals surface area (Å²) >= 11 is 0. The van der Waals surface area contributed by atoms with Gasteiger partial charge in [0.1, 0.15) is 6.29 Å². The van der Waals surface area contributed by atoms with Crippen LogP contribution in [0, 0.1) is 0 Å². The van der Waals surface area contributed by atoms with Crippen LogP contribution in [0.1, 0.15) is 47.2 Å². The van der Waals surface area contributed by atoms with Crippen molar-refractivity contribution in [2.45, 2.75) is 32.1 Å². The number of hydrogen-bond acceptors (Lipinski definition) is 1. The molecule has 0 fully saturated rings. The average molecular weight is 174 g/mol. The normalized spacial score (nSPS) is 20.8. The van der Waals surface area contributed by atoms with Crippen molar-refractivity contribution in [2.75, 3.05) is 0 Å². The molecule has 0 radical (unpaired) electrons. The molecule has 1 aromatic carbocycles. The maximum absolute atomic E-state index is 10.6. The first-order chi connectivity index (χ1) is 6.31. The second-order valence-electron chi connectivity index (χ2n) is 3.87. The van der Waals surface area contributed by atoms with Gasteiger partial charge in [-0.2, -0.15) is 0 Å². The molecule has 0 saturated heterocycles. The molecule has 0 aliphatic heterocycles. The number of carbonyl (C=O) groups is 1. The van der Waals surface area contributed by atoms with Crippen LogP contribution in [0.2, 0.25) is 0 Å². The zero-order valence-corrected chi connectivity index (χ0v) is 7.92. The monoisotopic (exact) mass is 174 g/mol. The zero-order chi connectivity index (χ0) is 9.26. The molecule has 0 amide bonds. The molecular formula is C12H14O. The van der Waals surface area contributed by atoms with E-state index in [0.29, 0.717) is 5.92 Å². The van der Waals surface area contributed by atoms with Gasteiger partial charge >= 0.3 is 0 Å². The molecular weight excluding hydrogens is 160 g/mol. The zero-order valence-electron chi connectivity index (χ0n) is 7.92. The standard InChI is InChI=1S/C12H14O/c1-9-3-2-4-11-6-5-10(8-13)7-12(9)11/h5-9H,2-4H2,1H3/t9-/m0/s1. The van der Waals surface area contributed by atoms with E-state index in [0.717, 1.165) is 11.8 Å². The predicted octanol–water partition coefficient (Wildman–Crippen LogP) is 2.94. The Morgan fingerprint density at radius 3 is 3.08 bits per heavy atom. The van der Waals surface area contributed by atoms with Crippen LogP contribution in [0.4, 0.5) is 0 Å². The maximum Gasteiger partial charge on any atom is 0.150 e. The Kier molecular flexibility index (Phi) is 2.17. The first-order valence-corrected chi connectivity index (χ1v) is 4.89. The van der Waals surface area contributed by atoms with Gasteiger partial charge in [0.25, 0.3) is 0 Å². The molecule has 68 valence electrons. The fourth-order valence-electron chi connectivity index (χ4n) is 2.13. The average Bonchev–Trinajstić information content (AvgIpc) is 2.18. The van der Waals surface area contributed by atoms with Crippen LogP contribution in [0.15, 0.2) is 18.2 Å². The van der Waals surface area contributed by atoms with Gasteiger partial charge in [0.05, 0.1) is 0 Å². The van der Waals surface area contributed by atoms with E-state index in [2.05, 4.69) is 13.0 Å². The van der Waals surface area contributed by atoms with Crippen LogP contribution < -0.4 is 0 Å². The number of aldehydes is 1.